The van der Waals surface area contributed by atoms with E-state index in [9.17, 15) is 9.18 Å². The molecule has 2 aromatic rings. The number of carbonyl (C=O) groups is 1. The fourth-order valence-corrected chi connectivity index (χ4v) is 1.89. The maximum absolute atomic E-state index is 12.1. The second kappa shape index (κ2) is 6.83. The van der Waals surface area contributed by atoms with E-state index in [0.29, 0.717) is 22.4 Å². The van der Waals surface area contributed by atoms with Crippen LogP contribution >= 0.6 is 0 Å². The van der Waals surface area contributed by atoms with Gasteiger partial charge in [0, 0.05) is 17.0 Å². The van der Waals surface area contributed by atoms with Gasteiger partial charge in [-0.15, -0.1) is 0 Å². The van der Waals surface area contributed by atoms with Crippen molar-refractivity contribution in [2.24, 2.45) is 5.92 Å². The summed E-state index contributed by atoms with van der Waals surface area (Å²) in [5.74, 6) is 3.83. The van der Waals surface area contributed by atoms with E-state index in [1.807, 2.05) is 0 Å². The average molecular weight is 313 g/mol. The summed E-state index contributed by atoms with van der Waals surface area (Å²) in [6, 6.07) is 3.39. The van der Waals surface area contributed by atoms with Gasteiger partial charge in [-0.2, -0.15) is 0 Å². The van der Waals surface area contributed by atoms with Gasteiger partial charge < -0.3 is 15.7 Å². The fraction of sp³-hybridized carbons (Fsp3) is 0.250. The molecule has 0 radical (unpaired) electrons. The molecule has 1 atom stereocenters. The highest BCUT2D eigenvalue weighted by atomic mass is 19.1. The quantitative estimate of drug-likeness (QED) is 0.514. The minimum absolute atomic E-state index is 0.179. The molecule has 0 aliphatic carbocycles. The molecule has 1 unspecified atom stereocenters. The van der Waals surface area contributed by atoms with Gasteiger partial charge in [0.25, 0.3) is 5.91 Å². The summed E-state index contributed by atoms with van der Waals surface area (Å²) in [7, 11) is 0. The molecule has 23 heavy (non-hydrogen) atoms. The van der Waals surface area contributed by atoms with Crippen molar-refractivity contribution in [3.8, 4) is 11.8 Å². The van der Waals surface area contributed by atoms with E-state index >= 15 is 0 Å². The van der Waals surface area contributed by atoms with Gasteiger partial charge in [-0.05, 0) is 25.0 Å². The zero-order chi connectivity index (χ0) is 17.0. The Morgan fingerprint density at radius 1 is 1.48 bits per heavy atom. The Morgan fingerprint density at radius 2 is 2.22 bits per heavy atom. The van der Waals surface area contributed by atoms with E-state index in [4.69, 9.17) is 10.8 Å². The van der Waals surface area contributed by atoms with Crippen LogP contribution in [0, 0.1) is 28.6 Å². The first-order valence-corrected chi connectivity index (χ1v) is 6.90. The Labute approximate surface area is 132 Å². The van der Waals surface area contributed by atoms with E-state index in [1.54, 1.807) is 26.0 Å². The van der Waals surface area contributed by atoms with E-state index in [2.05, 4.69) is 27.1 Å². The number of hydrogen-bond acceptors (Lipinski definition) is 4. The van der Waals surface area contributed by atoms with Gasteiger partial charge in [-0.3, -0.25) is 10.2 Å². The highest BCUT2D eigenvalue weighted by molar-refractivity contribution is 6.45. The van der Waals surface area contributed by atoms with Crippen molar-refractivity contribution >= 4 is 34.1 Å². The van der Waals surface area contributed by atoms with E-state index in [1.165, 1.54) is 6.20 Å². The van der Waals surface area contributed by atoms with Crippen molar-refractivity contribution in [1.82, 2.24) is 9.97 Å². The number of H-pyrrole nitrogens is 1. The summed E-state index contributed by atoms with van der Waals surface area (Å²) in [4.78, 5) is 19.1. The molecular weight excluding hydrogens is 297 g/mol. The van der Waals surface area contributed by atoms with Crippen molar-refractivity contribution < 1.29 is 9.18 Å². The summed E-state index contributed by atoms with van der Waals surface area (Å²) in [6.45, 7) is 2.46. The second-order valence-corrected chi connectivity index (χ2v) is 5.05. The SMILES string of the molecule is CC(=N)C(C)C(=N)C(=O)Nc1cnc2[nH]c(C#CCF)cc2c1. The van der Waals surface area contributed by atoms with Crippen LogP contribution in [-0.4, -0.2) is 34.0 Å². The van der Waals surface area contributed by atoms with Crippen molar-refractivity contribution in [1.29, 1.82) is 10.8 Å². The van der Waals surface area contributed by atoms with Crippen LogP contribution in [0.1, 0.15) is 19.5 Å². The Kier molecular flexibility index (Phi) is 4.86. The van der Waals surface area contributed by atoms with Gasteiger partial charge in [-0.1, -0.05) is 12.8 Å². The van der Waals surface area contributed by atoms with Crippen LogP contribution < -0.4 is 5.32 Å². The summed E-state index contributed by atoms with van der Waals surface area (Å²) in [5, 5.41) is 18.6. The lowest BCUT2D eigenvalue weighted by Gasteiger charge is -2.11. The topological polar surface area (TPSA) is 105 Å². The van der Waals surface area contributed by atoms with Crippen LogP contribution in [0.15, 0.2) is 18.3 Å². The number of aromatic amines is 1. The zero-order valence-corrected chi connectivity index (χ0v) is 12.7. The van der Waals surface area contributed by atoms with Gasteiger partial charge in [0.15, 0.2) is 6.67 Å². The standard InChI is InChI=1S/C16H16FN5O/c1-9(10(2)18)14(19)16(23)22-13-7-11-6-12(4-3-5-17)21-15(11)20-8-13/h6-9,18-19H,5H2,1-2H3,(H,20,21)(H,22,23). The molecule has 1 amide bonds. The number of alkyl halides is 1. The number of amides is 1. The van der Waals surface area contributed by atoms with Crippen molar-refractivity contribution in [2.75, 3.05) is 12.0 Å². The van der Waals surface area contributed by atoms with E-state index in [0.717, 1.165) is 0 Å². The first-order valence-electron chi connectivity index (χ1n) is 6.90. The van der Waals surface area contributed by atoms with Gasteiger partial charge in [-0.25, -0.2) is 9.37 Å². The molecule has 4 N–H and O–H groups in total. The predicted molar refractivity (Wildman–Crippen MR) is 87.9 cm³/mol. The maximum atomic E-state index is 12.1. The van der Waals surface area contributed by atoms with Crippen LogP contribution in [0.4, 0.5) is 10.1 Å². The minimum Gasteiger partial charge on any atom is -0.333 e. The molecule has 2 rings (SSSR count). The largest absolute Gasteiger partial charge is 0.333 e. The molecule has 0 spiro atoms. The second-order valence-electron chi connectivity index (χ2n) is 5.05. The number of anilines is 1. The van der Waals surface area contributed by atoms with Crippen LogP contribution in [0.25, 0.3) is 11.0 Å². The summed E-state index contributed by atoms with van der Waals surface area (Å²) >= 11 is 0. The number of nitrogens with zero attached hydrogens (tertiary/aromatic N) is 1. The lowest BCUT2D eigenvalue weighted by molar-refractivity contribution is -0.110. The first-order chi connectivity index (χ1) is 10.9. The molecule has 0 saturated heterocycles. The molecule has 0 bridgehead atoms. The first kappa shape index (κ1) is 16.4. The Morgan fingerprint density at radius 3 is 2.87 bits per heavy atom. The summed E-state index contributed by atoms with van der Waals surface area (Å²) < 4.78 is 12.1. The molecule has 6 nitrogen and oxygen atoms in total. The molecule has 2 heterocycles. The third-order valence-corrected chi connectivity index (χ3v) is 3.34. The van der Waals surface area contributed by atoms with Crippen molar-refractivity contribution in [3.05, 3.63) is 24.0 Å². The zero-order valence-electron chi connectivity index (χ0n) is 12.7. The van der Waals surface area contributed by atoms with Gasteiger partial charge in [0.2, 0.25) is 0 Å². The van der Waals surface area contributed by atoms with E-state index < -0.39 is 18.5 Å². The molecule has 0 saturated carbocycles. The number of carbonyl (C=O) groups excluding carboxylic acids is 1. The van der Waals surface area contributed by atoms with Crippen LogP contribution in [0.3, 0.4) is 0 Å². The fourth-order valence-electron chi connectivity index (χ4n) is 1.89. The number of hydrogen-bond donors (Lipinski definition) is 4. The maximum Gasteiger partial charge on any atom is 0.270 e. The molecule has 118 valence electrons. The summed E-state index contributed by atoms with van der Waals surface area (Å²) in [6.07, 6.45) is 1.46. The predicted octanol–water partition coefficient (Wildman–Crippen LogP) is 2.52. The molecule has 0 aliphatic rings. The highest BCUT2D eigenvalue weighted by Gasteiger charge is 2.19. The smallest absolute Gasteiger partial charge is 0.270 e. The van der Waals surface area contributed by atoms with Gasteiger partial charge in [0.05, 0.1) is 17.6 Å². The van der Waals surface area contributed by atoms with E-state index in [-0.39, 0.29) is 11.4 Å². The Hall–Kier alpha value is -3.01. The minimum atomic E-state index is -0.725. The van der Waals surface area contributed by atoms with Gasteiger partial charge >= 0.3 is 0 Å². The number of fused-ring (bicyclic) bond motifs is 1. The summed E-state index contributed by atoms with van der Waals surface area (Å²) in [5.41, 5.74) is 1.62. The number of pyridine rings is 1. The molecule has 0 aromatic carbocycles. The molecular formula is C16H16FN5O. The Bertz CT molecular complexity index is 843. The normalized spacial score (nSPS) is 11.4. The molecule has 7 heteroatoms. The van der Waals surface area contributed by atoms with Gasteiger partial charge in [0.1, 0.15) is 11.4 Å². The van der Waals surface area contributed by atoms with Crippen molar-refractivity contribution in [2.45, 2.75) is 13.8 Å². The lowest BCUT2D eigenvalue weighted by atomic mass is 10.0. The molecule has 0 aliphatic heterocycles. The van der Waals surface area contributed by atoms with Crippen molar-refractivity contribution in [3.63, 3.8) is 0 Å². The number of nitrogens with one attached hydrogen (secondary N) is 4. The molecule has 0 fully saturated rings. The van der Waals surface area contributed by atoms with Crippen LogP contribution in [0.2, 0.25) is 0 Å². The number of aromatic nitrogens is 2. The van der Waals surface area contributed by atoms with Crippen LogP contribution in [0.5, 0.6) is 0 Å². The lowest BCUT2D eigenvalue weighted by Crippen LogP contribution is -2.30. The monoisotopic (exact) mass is 313 g/mol. The molecule has 2 aromatic heterocycles. The number of halogens is 1. The number of rotatable bonds is 4. The third-order valence-electron chi connectivity index (χ3n) is 3.34. The third kappa shape index (κ3) is 3.80. The Balaban J connectivity index is 2.19. The average Bonchev–Trinajstić information content (AvgIpc) is 2.93. The van der Waals surface area contributed by atoms with Crippen LogP contribution in [-0.2, 0) is 4.79 Å². The highest BCUT2D eigenvalue weighted by Crippen LogP contribution is 2.17.